The maximum absolute atomic E-state index is 14.0. The predicted octanol–water partition coefficient (Wildman–Crippen LogP) is 2.52. The topological polar surface area (TPSA) is 80.5 Å². The largest absolute Gasteiger partial charge is 0.298 e. The summed E-state index contributed by atoms with van der Waals surface area (Å²) in [6.45, 7) is 0.223. The molecule has 2 atom stereocenters. The molecule has 1 fully saturated rings. The molecular weight excluding hydrogens is 323 g/mol. The van der Waals surface area contributed by atoms with E-state index in [1.807, 2.05) is 4.90 Å². The third-order valence-electron chi connectivity index (χ3n) is 4.45. The van der Waals surface area contributed by atoms with Gasteiger partial charge in [-0.05, 0) is 26.0 Å². The molecule has 0 radical (unpaired) electrons. The Morgan fingerprint density at radius 2 is 2.00 bits per heavy atom. The lowest BCUT2D eigenvalue weighted by molar-refractivity contribution is -0.385. The van der Waals surface area contributed by atoms with Gasteiger partial charge in [0.05, 0.1) is 16.2 Å². The molecule has 0 spiro atoms. The van der Waals surface area contributed by atoms with Gasteiger partial charge in [-0.15, -0.1) is 0 Å². The Morgan fingerprint density at radius 3 is 2.57 bits per heavy atom. The van der Waals surface area contributed by atoms with Gasteiger partial charge in [0.25, 0.3) is 5.69 Å². The summed E-state index contributed by atoms with van der Waals surface area (Å²) in [6.07, 6.45) is 4.45. The van der Waals surface area contributed by atoms with Crippen molar-refractivity contribution in [3.8, 4) is 0 Å². The van der Waals surface area contributed by atoms with Gasteiger partial charge in [-0.25, -0.2) is 12.8 Å². The van der Waals surface area contributed by atoms with E-state index in [1.54, 1.807) is 7.05 Å². The molecule has 0 N–H and O–H groups in total. The van der Waals surface area contributed by atoms with Gasteiger partial charge in [0.15, 0.2) is 9.84 Å². The second kappa shape index (κ2) is 6.92. The van der Waals surface area contributed by atoms with Crippen molar-refractivity contribution in [1.29, 1.82) is 0 Å². The van der Waals surface area contributed by atoms with E-state index in [0.717, 1.165) is 25.3 Å². The van der Waals surface area contributed by atoms with E-state index in [4.69, 9.17) is 0 Å². The van der Waals surface area contributed by atoms with Crippen molar-refractivity contribution in [2.75, 3.05) is 13.3 Å². The van der Waals surface area contributed by atoms with E-state index < -0.39 is 25.8 Å². The van der Waals surface area contributed by atoms with Crippen LogP contribution in [-0.4, -0.2) is 42.8 Å². The fourth-order valence-electron chi connectivity index (χ4n) is 3.24. The molecule has 0 aromatic heterocycles. The number of hydrogen-bond acceptors (Lipinski definition) is 5. The van der Waals surface area contributed by atoms with Crippen LogP contribution in [0, 0.1) is 15.9 Å². The van der Waals surface area contributed by atoms with Crippen molar-refractivity contribution in [1.82, 2.24) is 4.90 Å². The molecule has 1 aliphatic carbocycles. The van der Waals surface area contributed by atoms with Crippen LogP contribution in [-0.2, 0) is 16.4 Å². The van der Waals surface area contributed by atoms with Gasteiger partial charge in [0.2, 0.25) is 0 Å². The lowest BCUT2D eigenvalue weighted by Gasteiger charge is -2.37. The second-order valence-electron chi connectivity index (χ2n) is 6.17. The third kappa shape index (κ3) is 4.26. The summed E-state index contributed by atoms with van der Waals surface area (Å²) in [5, 5.41) is 10.2. The van der Waals surface area contributed by atoms with Crippen LogP contribution in [0.1, 0.15) is 31.2 Å². The highest BCUT2D eigenvalue weighted by Gasteiger charge is 2.35. The van der Waals surface area contributed by atoms with Crippen molar-refractivity contribution < 1.29 is 17.7 Å². The molecule has 23 heavy (non-hydrogen) atoms. The Labute approximate surface area is 135 Å². The Morgan fingerprint density at radius 1 is 1.35 bits per heavy atom. The minimum atomic E-state index is -3.17. The first-order valence-corrected chi connectivity index (χ1v) is 9.47. The number of sulfone groups is 1. The van der Waals surface area contributed by atoms with E-state index in [-0.39, 0.29) is 18.3 Å². The molecule has 0 aliphatic heterocycles. The first kappa shape index (κ1) is 17.8. The lowest BCUT2D eigenvalue weighted by atomic mass is 9.93. The normalized spacial score (nSPS) is 22.3. The summed E-state index contributed by atoms with van der Waals surface area (Å²) < 4.78 is 37.9. The zero-order valence-corrected chi connectivity index (χ0v) is 14.1. The molecule has 8 heteroatoms. The SMILES string of the molecule is CN(Cc1ccc([N+](=O)[O-])cc1F)[C@H]1CCCC[C@H]1S(C)(=O)=O. The van der Waals surface area contributed by atoms with E-state index in [9.17, 15) is 22.9 Å². The fourth-order valence-corrected chi connectivity index (χ4v) is 4.75. The standard InChI is InChI=1S/C15H21FN2O4S/c1-17(14-5-3-4-6-15(14)23(2,21)22)10-11-7-8-12(18(19)20)9-13(11)16/h7-9,14-15H,3-6,10H2,1-2H3/t14-,15+/m0/s1. The Balaban J connectivity index is 2.17. The van der Waals surface area contributed by atoms with Crippen LogP contribution in [0.3, 0.4) is 0 Å². The molecule has 0 amide bonds. The summed E-state index contributed by atoms with van der Waals surface area (Å²) >= 11 is 0. The van der Waals surface area contributed by atoms with Crippen LogP contribution in [0.4, 0.5) is 10.1 Å². The van der Waals surface area contributed by atoms with Crippen molar-refractivity contribution >= 4 is 15.5 Å². The average molecular weight is 344 g/mol. The zero-order chi connectivity index (χ0) is 17.2. The molecule has 1 aromatic carbocycles. The van der Waals surface area contributed by atoms with E-state index in [1.165, 1.54) is 18.4 Å². The highest BCUT2D eigenvalue weighted by Crippen LogP contribution is 2.29. The number of hydrogen-bond donors (Lipinski definition) is 0. The minimum absolute atomic E-state index is 0.159. The van der Waals surface area contributed by atoms with Gasteiger partial charge < -0.3 is 0 Å². The summed E-state index contributed by atoms with van der Waals surface area (Å²) in [4.78, 5) is 11.9. The smallest absolute Gasteiger partial charge is 0.272 e. The third-order valence-corrected chi connectivity index (χ3v) is 6.10. The predicted molar refractivity (Wildman–Crippen MR) is 85.4 cm³/mol. The first-order valence-electron chi connectivity index (χ1n) is 7.52. The number of nitrogens with zero attached hydrogens (tertiary/aromatic N) is 2. The van der Waals surface area contributed by atoms with Crippen LogP contribution >= 0.6 is 0 Å². The van der Waals surface area contributed by atoms with Gasteiger partial charge >= 0.3 is 0 Å². The van der Waals surface area contributed by atoms with Crippen molar-refractivity contribution in [2.45, 2.75) is 43.5 Å². The van der Waals surface area contributed by atoms with Gasteiger partial charge in [-0.3, -0.25) is 15.0 Å². The fraction of sp³-hybridized carbons (Fsp3) is 0.600. The number of nitro groups is 1. The quantitative estimate of drug-likeness (QED) is 0.606. The van der Waals surface area contributed by atoms with Crippen LogP contribution in [0.15, 0.2) is 18.2 Å². The van der Waals surface area contributed by atoms with Gasteiger partial charge in [0.1, 0.15) is 5.82 Å². The zero-order valence-electron chi connectivity index (χ0n) is 13.2. The number of nitro benzene ring substituents is 1. The first-order chi connectivity index (χ1) is 10.7. The Hall–Kier alpha value is -1.54. The van der Waals surface area contributed by atoms with E-state index in [0.29, 0.717) is 12.0 Å². The van der Waals surface area contributed by atoms with Crippen LogP contribution in [0.25, 0.3) is 0 Å². The number of halogens is 1. The molecule has 1 aliphatic rings. The molecule has 0 saturated heterocycles. The van der Waals surface area contributed by atoms with Crippen molar-refractivity contribution in [2.24, 2.45) is 0 Å². The van der Waals surface area contributed by atoms with Crippen LogP contribution in [0.5, 0.6) is 0 Å². The summed E-state index contributed by atoms with van der Waals surface area (Å²) in [6, 6.07) is 3.40. The molecule has 0 heterocycles. The number of non-ortho nitro benzene ring substituents is 1. The highest BCUT2D eigenvalue weighted by atomic mass is 32.2. The van der Waals surface area contributed by atoms with Crippen LogP contribution < -0.4 is 0 Å². The van der Waals surface area contributed by atoms with Gasteiger partial charge in [0, 0.05) is 30.5 Å². The minimum Gasteiger partial charge on any atom is -0.298 e. The molecule has 6 nitrogen and oxygen atoms in total. The molecular formula is C15H21FN2O4S. The highest BCUT2D eigenvalue weighted by molar-refractivity contribution is 7.91. The Bertz CT molecular complexity index is 693. The lowest BCUT2D eigenvalue weighted by Crippen LogP contribution is -2.46. The average Bonchev–Trinajstić information content (AvgIpc) is 2.48. The molecule has 0 unspecified atom stereocenters. The molecule has 0 bridgehead atoms. The van der Waals surface area contributed by atoms with Crippen molar-refractivity contribution in [3.63, 3.8) is 0 Å². The van der Waals surface area contributed by atoms with Gasteiger partial charge in [-0.2, -0.15) is 0 Å². The van der Waals surface area contributed by atoms with Crippen molar-refractivity contribution in [3.05, 3.63) is 39.7 Å². The maximum Gasteiger partial charge on any atom is 0.272 e. The van der Waals surface area contributed by atoms with Crippen LogP contribution in [0.2, 0.25) is 0 Å². The summed E-state index contributed by atoms with van der Waals surface area (Å²) in [7, 11) is -1.39. The summed E-state index contributed by atoms with van der Waals surface area (Å²) in [5.74, 6) is -0.641. The molecule has 128 valence electrons. The molecule has 2 rings (SSSR count). The second-order valence-corrected chi connectivity index (χ2v) is 8.43. The molecule has 1 saturated carbocycles. The van der Waals surface area contributed by atoms with E-state index in [2.05, 4.69) is 0 Å². The van der Waals surface area contributed by atoms with E-state index >= 15 is 0 Å². The number of benzene rings is 1. The maximum atomic E-state index is 14.0. The monoisotopic (exact) mass is 344 g/mol. The Kier molecular flexibility index (Phi) is 5.36. The molecule has 1 aromatic rings. The number of rotatable bonds is 5. The summed E-state index contributed by atoms with van der Waals surface area (Å²) in [5.41, 5.74) is 0.0384. The van der Waals surface area contributed by atoms with Gasteiger partial charge in [-0.1, -0.05) is 12.8 Å².